The van der Waals surface area contributed by atoms with Crippen LogP contribution in [-0.2, 0) is 0 Å². The highest BCUT2D eigenvalue weighted by atomic mass is 16.5. The van der Waals surface area contributed by atoms with Gasteiger partial charge in [0, 0.05) is 37.8 Å². The second kappa shape index (κ2) is 8.92. The third-order valence-electron chi connectivity index (χ3n) is 5.28. The fourth-order valence-corrected chi connectivity index (χ4v) is 3.57. The van der Waals surface area contributed by atoms with Gasteiger partial charge in [0.05, 0.1) is 18.5 Å². The van der Waals surface area contributed by atoms with Crippen molar-refractivity contribution in [3.8, 4) is 17.0 Å². The molecule has 1 aliphatic rings. The van der Waals surface area contributed by atoms with Crippen LogP contribution in [0.2, 0.25) is 0 Å². The summed E-state index contributed by atoms with van der Waals surface area (Å²) in [5.41, 5.74) is 2.83. The number of hydrogen-bond acceptors (Lipinski definition) is 6. The van der Waals surface area contributed by atoms with E-state index in [1.807, 2.05) is 42.5 Å². The highest BCUT2D eigenvalue weighted by Gasteiger charge is 2.19. The van der Waals surface area contributed by atoms with Crippen molar-refractivity contribution >= 4 is 17.5 Å². The van der Waals surface area contributed by atoms with Gasteiger partial charge in [0.15, 0.2) is 0 Å². The van der Waals surface area contributed by atoms with Crippen molar-refractivity contribution in [3.05, 3.63) is 60.7 Å². The van der Waals surface area contributed by atoms with E-state index in [0.717, 1.165) is 61.2 Å². The highest BCUT2D eigenvalue weighted by molar-refractivity contribution is 5.68. The molecule has 1 saturated heterocycles. The number of piperazine rings is 1. The van der Waals surface area contributed by atoms with Crippen LogP contribution in [0.5, 0.6) is 5.75 Å². The molecule has 0 saturated carbocycles. The standard InChI is InChI=1S/C23H27N5O/c1-3-27-13-15-28(16-14-27)22-17-20(18-9-5-4-6-10-18)25-23(26-22)24-19-11-7-8-12-21(19)29-2/h4-12,17H,3,13-16H2,1-2H3,(H,24,25,26). The molecule has 1 N–H and O–H groups in total. The number of hydrogen-bond donors (Lipinski definition) is 1. The second-order valence-corrected chi connectivity index (χ2v) is 7.05. The van der Waals surface area contributed by atoms with Crippen molar-refractivity contribution in [1.29, 1.82) is 0 Å². The minimum atomic E-state index is 0.573. The van der Waals surface area contributed by atoms with Crippen LogP contribution in [0.3, 0.4) is 0 Å². The van der Waals surface area contributed by atoms with E-state index in [4.69, 9.17) is 14.7 Å². The Balaban J connectivity index is 1.69. The van der Waals surface area contributed by atoms with Gasteiger partial charge >= 0.3 is 0 Å². The molecule has 2 aromatic carbocycles. The number of rotatable bonds is 6. The summed E-state index contributed by atoms with van der Waals surface area (Å²) in [6.45, 7) is 7.34. The van der Waals surface area contributed by atoms with Gasteiger partial charge in [-0.25, -0.2) is 4.98 Å². The van der Waals surface area contributed by atoms with Gasteiger partial charge in [0.1, 0.15) is 11.6 Å². The lowest BCUT2D eigenvalue weighted by molar-refractivity contribution is 0.270. The van der Waals surface area contributed by atoms with Crippen LogP contribution in [0.4, 0.5) is 17.5 Å². The summed E-state index contributed by atoms with van der Waals surface area (Å²) in [6, 6.07) is 20.1. The Hall–Kier alpha value is -3.12. The zero-order valence-electron chi connectivity index (χ0n) is 17.0. The van der Waals surface area contributed by atoms with E-state index < -0.39 is 0 Å². The molecule has 1 aliphatic heterocycles. The predicted octanol–water partition coefficient (Wildman–Crippen LogP) is 4.04. The summed E-state index contributed by atoms with van der Waals surface area (Å²) < 4.78 is 5.47. The van der Waals surface area contributed by atoms with Crippen molar-refractivity contribution < 1.29 is 4.74 Å². The molecule has 0 amide bonds. The van der Waals surface area contributed by atoms with Gasteiger partial charge in [0.2, 0.25) is 5.95 Å². The second-order valence-electron chi connectivity index (χ2n) is 7.05. The third-order valence-corrected chi connectivity index (χ3v) is 5.28. The zero-order chi connectivity index (χ0) is 20.1. The van der Waals surface area contributed by atoms with E-state index in [1.54, 1.807) is 7.11 Å². The number of benzene rings is 2. The van der Waals surface area contributed by atoms with Crippen molar-refractivity contribution in [3.63, 3.8) is 0 Å². The lowest BCUT2D eigenvalue weighted by atomic mass is 10.1. The van der Waals surface area contributed by atoms with Crippen LogP contribution in [-0.4, -0.2) is 54.7 Å². The normalized spacial score (nSPS) is 14.6. The maximum Gasteiger partial charge on any atom is 0.229 e. The lowest BCUT2D eigenvalue weighted by Gasteiger charge is -2.35. The Morgan fingerprint density at radius 1 is 0.931 bits per heavy atom. The summed E-state index contributed by atoms with van der Waals surface area (Å²) in [7, 11) is 1.67. The van der Waals surface area contributed by atoms with E-state index >= 15 is 0 Å². The molecule has 0 bridgehead atoms. The van der Waals surface area contributed by atoms with Crippen LogP contribution >= 0.6 is 0 Å². The molecule has 0 unspecified atom stereocenters. The van der Waals surface area contributed by atoms with Crippen molar-refractivity contribution in [2.75, 3.05) is 50.1 Å². The number of para-hydroxylation sites is 2. The Morgan fingerprint density at radius 3 is 2.38 bits per heavy atom. The maximum absolute atomic E-state index is 5.47. The molecular weight excluding hydrogens is 362 g/mol. The molecule has 150 valence electrons. The summed E-state index contributed by atoms with van der Waals surface area (Å²) in [4.78, 5) is 14.4. The smallest absolute Gasteiger partial charge is 0.229 e. The molecule has 0 radical (unpaired) electrons. The number of ether oxygens (including phenoxy) is 1. The molecule has 0 aliphatic carbocycles. The van der Waals surface area contributed by atoms with Crippen molar-refractivity contribution in [2.45, 2.75) is 6.92 Å². The SMILES string of the molecule is CCN1CCN(c2cc(-c3ccccc3)nc(Nc3ccccc3OC)n2)CC1. The van der Waals surface area contributed by atoms with Crippen molar-refractivity contribution in [1.82, 2.24) is 14.9 Å². The Morgan fingerprint density at radius 2 is 1.66 bits per heavy atom. The Bertz CT molecular complexity index is 939. The molecule has 1 aromatic heterocycles. The van der Waals surface area contributed by atoms with E-state index in [2.05, 4.69) is 40.2 Å². The predicted molar refractivity (Wildman–Crippen MR) is 118 cm³/mol. The van der Waals surface area contributed by atoms with E-state index in [9.17, 15) is 0 Å². The van der Waals surface area contributed by atoms with Crippen LogP contribution in [0.15, 0.2) is 60.7 Å². The molecule has 6 nitrogen and oxygen atoms in total. The average Bonchev–Trinajstić information content (AvgIpc) is 2.80. The van der Waals surface area contributed by atoms with Crippen LogP contribution in [0.1, 0.15) is 6.92 Å². The molecular formula is C23H27N5O. The molecule has 0 spiro atoms. The third kappa shape index (κ3) is 4.49. The molecule has 29 heavy (non-hydrogen) atoms. The molecule has 2 heterocycles. The van der Waals surface area contributed by atoms with Gasteiger partial charge in [-0.05, 0) is 18.7 Å². The van der Waals surface area contributed by atoms with Gasteiger partial charge in [-0.15, -0.1) is 0 Å². The number of anilines is 3. The van der Waals surface area contributed by atoms with Crippen molar-refractivity contribution in [2.24, 2.45) is 0 Å². The first kappa shape index (κ1) is 19.2. The first-order chi connectivity index (χ1) is 14.3. The Labute approximate surface area is 172 Å². The first-order valence-electron chi connectivity index (χ1n) is 10.1. The Kier molecular flexibility index (Phi) is 5.91. The van der Waals surface area contributed by atoms with Gasteiger partial charge in [-0.1, -0.05) is 49.4 Å². The highest BCUT2D eigenvalue weighted by Crippen LogP contribution is 2.29. The van der Waals surface area contributed by atoms with Crippen LogP contribution < -0.4 is 15.0 Å². The summed E-state index contributed by atoms with van der Waals surface area (Å²) in [6.07, 6.45) is 0. The number of likely N-dealkylation sites (N-methyl/N-ethyl adjacent to an activating group) is 1. The van der Waals surface area contributed by atoms with Crippen LogP contribution in [0, 0.1) is 0 Å². The van der Waals surface area contributed by atoms with Gasteiger partial charge in [-0.3, -0.25) is 0 Å². The van der Waals surface area contributed by atoms with Crippen LogP contribution in [0.25, 0.3) is 11.3 Å². The number of aromatic nitrogens is 2. The minimum absolute atomic E-state index is 0.573. The topological polar surface area (TPSA) is 53.5 Å². The summed E-state index contributed by atoms with van der Waals surface area (Å²) in [5.74, 6) is 2.29. The minimum Gasteiger partial charge on any atom is -0.495 e. The number of methoxy groups -OCH3 is 1. The fourth-order valence-electron chi connectivity index (χ4n) is 3.57. The maximum atomic E-state index is 5.47. The number of nitrogens with zero attached hydrogens (tertiary/aromatic N) is 4. The van der Waals surface area contributed by atoms with Gasteiger partial charge < -0.3 is 19.9 Å². The monoisotopic (exact) mass is 389 g/mol. The molecule has 3 aromatic rings. The quantitative estimate of drug-likeness (QED) is 0.687. The fraction of sp³-hybridized carbons (Fsp3) is 0.304. The summed E-state index contributed by atoms with van der Waals surface area (Å²) in [5, 5.41) is 3.35. The molecule has 0 atom stereocenters. The lowest BCUT2D eigenvalue weighted by Crippen LogP contribution is -2.46. The first-order valence-corrected chi connectivity index (χ1v) is 10.1. The molecule has 4 rings (SSSR count). The van der Waals surface area contributed by atoms with Gasteiger partial charge in [0.25, 0.3) is 0 Å². The average molecular weight is 390 g/mol. The summed E-state index contributed by atoms with van der Waals surface area (Å²) >= 11 is 0. The van der Waals surface area contributed by atoms with E-state index in [0.29, 0.717) is 5.95 Å². The largest absolute Gasteiger partial charge is 0.495 e. The molecule has 6 heteroatoms. The number of nitrogens with one attached hydrogen (secondary N) is 1. The molecule has 1 fully saturated rings. The van der Waals surface area contributed by atoms with Gasteiger partial charge in [-0.2, -0.15) is 4.98 Å². The van der Waals surface area contributed by atoms with E-state index in [1.165, 1.54) is 0 Å². The zero-order valence-corrected chi connectivity index (χ0v) is 17.0. The van der Waals surface area contributed by atoms with E-state index in [-0.39, 0.29) is 0 Å².